The zero-order chi connectivity index (χ0) is 16.6. The van der Waals surface area contributed by atoms with Crippen LogP contribution >= 0.6 is 0 Å². The molecule has 1 saturated carbocycles. The van der Waals surface area contributed by atoms with Crippen molar-refractivity contribution in [1.29, 1.82) is 0 Å². The fraction of sp³-hybridized carbons (Fsp3) is 0.167. The molecule has 0 atom stereocenters. The van der Waals surface area contributed by atoms with Crippen molar-refractivity contribution < 1.29 is 4.79 Å². The Morgan fingerprint density at radius 3 is 2.38 bits per heavy atom. The fourth-order valence-corrected chi connectivity index (χ4v) is 2.80. The Bertz CT molecular complexity index is 892. The van der Waals surface area contributed by atoms with Crippen LogP contribution in [0, 0.1) is 0 Å². The molecule has 2 N–H and O–H groups in total. The van der Waals surface area contributed by atoms with Gasteiger partial charge in [-0.05, 0) is 37.1 Å². The van der Waals surface area contributed by atoms with Crippen LogP contribution in [0.25, 0.3) is 22.5 Å². The Morgan fingerprint density at radius 2 is 1.75 bits per heavy atom. The van der Waals surface area contributed by atoms with E-state index in [1.54, 1.807) is 31.0 Å². The first kappa shape index (κ1) is 14.4. The molecule has 0 spiro atoms. The molecule has 1 fully saturated rings. The molecule has 4 rings (SSSR count). The maximum atomic E-state index is 11.8. The van der Waals surface area contributed by atoms with Gasteiger partial charge in [-0.15, -0.1) is 0 Å². The van der Waals surface area contributed by atoms with Gasteiger partial charge in [0, 0.05) is 35.9 Å². The van der Waals surface area contributed by atoms with Gasteiger partial charge in [0.1, 0.15) is 0 Å². The van der Waals surface area contributed by atoms with Gasteiger partial charge in [-0.1, -0.05) is 0 Å². The number of nitrogens with two attached hydrogens (primary N) is 1. The van der Waals surface area contributed by atoms with Gasteiger partial charge in [0.2, 0.25) is 5.91 Å². The quantitative estimate of drug-likeness (QED) is 0.795. The molecular weight excluding hydrogens is 302 g/mol. The number of hydrogen-bond donors (Lipinski definition) is 1. The largest absolute Gasteiger partial charge is 0.369 e. The number of pyridine rings is 2. The number of carbonyl (C=O) groups is 1. The predicted molar refractivity (Wildman–Crippen MR) is 88.6 cm³/mol. The van der Waals surface area contributed by atoms with E-state index in [1.165, 1.54) is 0 Å². The van der Waals surface area contributed by atoms with Crippen LogP contribution in [0.2, 0.25) is 0 Å². The van der Waals surface area contributed by atoms with Gasteiger partial charge < -0.3 is 5.73 Å². The lowest BCUT2D eigenvalue weighted by Gasteiger charge is -2.14. The lowest BCUT2D eigenvalue weighted by Crippen LogP contribution is -2.29. The van der Waals surface area contributed by atoms with Crippen LogP contribution in [-0.4, -0.2) is 25.8 Å². The minimum atomic E-state index is -0.666. The van der Waals surface area contributed by atoms with E-state index in [-0.39, 0.29) is 5.91 Å². The molecule has 24 heavy (non-hydrogen) atoms. The first-order valence-electron chi connectivity index (χ1n) is 7.69. The lowest BCUT2D eigenvalue weighted by molar-refractivity contribution is -0.120. The third kappa shape index (κ3) is 2.32. The van der Waals surface area contributed by atoms with Crippen LogP contribution < -0.4 is 5.73 Å². The first-order valence-corrected chi connectivity index (χ1v) is 7.69. The normalized spacial score (nSPS) is 15.0. The van der Waals surface area contributed by atoms with Crippen LogP contribution in [0.3, 0.4) is 0 Å². The topological polar surface area (TPSA) is 94.7 Å². The van der Waals surface area contributed by atoms with Crippen molar-refractivity contribution in [1.82, 2.24) is 19.9 Å². The maximum absolute atomic E-state index is 11.8. The Kier molecular flexibility index (Phi) is 3.30. The SMILES string of the molecule is NC(=O)C1(c2cnc(-c3ccncc3)c(-c3cccnc3)n2)CC1. The number of aromatic nitrogens is 4. The van der Waals surface area contributed by atoms with Gasteiger partial charge in [0.25, 0.3) is 0 Å². The fourth-order valence-electron chi connectivity index (χ4n) is 2.80. The van der Waals surface area contributed by atoms with E-state index in [0.29, 0.717) is 11.4 Å². The number of amides is 1. The summed E-state index contributed by atoms with van der Waals surface area (Å²) in [4.78, 5) is 29.4. The van der Waals surface area contributed by atoms with Crippen molar-refractivity contribution in [3.63, 3.8) is 0 Å². The molecule has 3 heterocycles. The third-order valence-corrected chi connectivity index (χ3v) is 4.37. The Balaban J connectivity index is 1.91. The van der Waals surface area contributed by atoms with Crippen LogP contribution in [0.15, 0.2) is 55.2 Å². The van der Waals surface area contributed by atoms with E-state index in [4.69, 9.17) is 10.7 Å². The summed E-state index contributed by atoms with van der Waals surface area (Å²) in [6.07, 6.45) is 9.97. The molecule has 3 aromatic rings. The summed E-state index contributed by atoms with van der Waals surface area (Å²) >= 11 is 0. The average molecular weight is 317 g/mol. The number of hydrogen-bond acceptors (Lipinski definition) is 5. The van der Waals surface area contributed by atoms with Crippen molar-refractivity contribution in [2.24, 2.45) is 5.73 Å². The molecule has 0 aliphatic heterocycles. The van der Waals surface area contributed by atoms with Gasteiger partial charge in [-0.2, -0.15) is 0 Å². The molecule has 0 radical (unpaired) electrons. The molecule has 118 valence electrons. The van der Waals surface area contributed by atoms with Crippen molar-refractivity contribution in [2.75, 3.05) is 0 Å². The zero-order valence-corrected chi connectivity index (χ0v) is 12.9. The summed E-state index contributed by atoms with van der Waals surface area (Å²) in [5.74, 6) is -0.342. The van der Waals surface area contributed by atoms with Crippen LogP contribution in [0.5, 0.6) is 0 Å². The van der Waals surface area contributed by atoms with Gasteiger partial charge >= 0.3 is 0 Å². The van der Waals surface area contributed by atoms with E-state index in [0.717, 1.165) is 29.7 Å². The monoisotopic (exact) mass is 317 g/mol. The Morgan fingerprint density at radius 1 is 0.958 bits per heavy atom. The molecule has 0 unspecified atom stereocenters. The van der Waals surface area contributed by atoms with Crippen molar-refractivity contribution in [3.05, 3.63) is 60.9 Å². The maximum Gasteiger partial charge on any atom is 0.229 e. The van der Waals surface area contributed by atoms with E-state index in [2.05, 4.69) is 15.0 Å². The summed E-state index contributed by atoms with van der Waals surface area (Å²) in [6.45, 7) is 0. The second-order valence-electron chi connectivity index (χ2n) is 5.88. The Labute approximate surface area is 138 Å². The minimum absolute atomic E-state index is 0.342. The third-order valence-electron chi connectivity index (χ3n) is 4.37. The zero-order valence-electron chi connectivity index (χ0n) is 12.9. The number of nitrogens with zero attached hydrogens (tertiary/aromatic N) is 4. The molecule has 1 aliphatic rings. The second kappa shape index (κ2) is 5.49. The van der Waals surface area contributed by atoms with Gasteiger partial charge in [-0.3, -0.25) is 19.7 Å². The van der Waals surface area contributed by atoms with Crippen molar-refractivity contribution in [2.45, 2.75) is 18.3 Å². The standard InChI is InChI=1S/C18H15N5O/c19-17(24)18(5-6-18)14-11-22-15(12-3-8-20-9-4-12)16(23-14)13-2-1-7-21-10-13/h1-4,7-11H,5-6H2,(H2,19,24). The molecule has 0 bridgehead atoms. The highest BCUT2D eigenvalue weighted by Crippen LogP contribution is 2.47. The van der Waals surface area contributed by atoms with E-state index in [1.807, 2.05) is 24.3 Å². The van der Waals surface area contributed by atoms with E-state index < -0.39 is 5.41 Å². The summed E-state index contributed by atoms with van der Waals surface area (Å²) in [7, 11) is 0. The molecule has 1 amide bonds. The summed E-state index contributed by atoms with van der Waals surface area (Å²) in [5, 5.41) is 0. The molecular formula is C18H15N5O. The lowest BCUT2D eigenvalue weighted by atomic mass is 10.0. The smallest absolute Gasteiger partial charge is 0.229 e. The van der Waals surface area contributed by atoms with Crippen molar-refractivity contribution >= 4 is 5.91 Å². The minimum Gasteiger partial charge on any atom is -0.369 e. The average Bonchev–Trinajstić information content (AvgIpc) is 3.45. The number of carbonyl (C=O) groups excluding carboxylic acids is 1. The summed E-state index contributed by atoms with van der Waals surface area (Å²) in [5.41, 5.74) is 8.72. The second-order valence-corrected chi connectivity index (χ2v) is 5.88. The predicted octanol–water partition coefficient (Wildman–Crippen LogP) is 2.12. The molecule has 1 aliphatic carbocycles. The molecule has 6 nitrogen and oxygen atoms in total. The highest BCUT2D eigenvalue weighted by atomic mass is 16.1. The highest BCUT2D eigenvalue weighted by molar-refractivity contribution is 5.89. The van der Waals surface area contributed by atoms with Gasteiger partial charge in [-0.25, -0.2) is 4.98 Å². The Hall–Kier alpha value is -3.15. The summed E-state index contributed by atoms with van der Waals surface area (Å²) < 4.78 is 0. The number of rotatable bonds is 4. The van der Waals surface area contributed by atoms with Crippen LogP contribution in [-0.2, 0) is 10.2 Å². The van der Waals surface area contributed by atoms with Crippen LogP contribution in [0.4, 0.5) is 0 Å². The van der Waals surface area contributed by atoms with Crippen LogP contribution in [0.1, 0.15) is 18.5 Å². The number of primary amides is 1. The van der Waals surface area contributed by atoms with Crippen molar-refractivity contribution in [3.8, 4) is 22.5 Å². The molecule has 3 aromatic heterocycles. The first-order chi connectivity index (χ1) is 11.7. The van der Waals surface area contributed by atoms with E-state index >= 15 is 0 Å². The molecule has 0 aromatic carbocycles. The molecule has 0 saturated heterocycles. The van der Waals surface area contributed by atoms with Gasteiger partial charge in [0.05, 0.1) is 28.7 Å². The summed E-state index contributed by atoms with van der Waals surface area (Å²) in [6, 6.07) is 7.53. The van der Waals surface area contributed by atoms with E-state index in [9.17, 15) is 4.79 Å². The van der Waals surface area contributed by atoms with Gasteiger partial charge in [0.15, 0.2) is 0 Å². The molecule has 6 heteroatoms. The highest BCUT2D eigenvalue weighted by Gasteiger charge is 2.51.